The fraction of sp³-hybridized carbons (Fsp3) is 0.190. The van der Waals surface area contributed by atoms with E-state index in [0.717, 1.165) is 17.0 Å². The van der Waals surface area contributed by atoms with E-state index in [9.17, 15) is 0 Å². The Hall–Kier alpha value is -4.96. The van der Waals surface area contributed by atoms with Crippen molar-refractivity contribution < 1.29 is 4.42 Å². The molecule has 5 aromatic carbocycles. The van der Waals surface area contributed by atoms with Crippen molar-refractivity contribution in [3.63, 3.8) is 0 Å². The minimum absolute atomic E-state index is 0.00369. The summed E-state index contributed by atoms with van der Waals surface area (Å²) in [6, 6.07) is 42.5. The molecule has 0 bridgehead atoms. The van der Waals surface area contributed by atoms with Crippen molar-refractivity contribution in [3.05, 3.63) is 121 Å². The molecule has 0 N–H and O–H groups in total. The van der Waals surface area contributed by atoms with Crippen molar-refractivity contribution in [2.45, 2.75) is 50.5 Å². The Morgan fingerprint density at radius 3 is 2.24 bits per heavy atom. The van der Waals surface area contributed by atoms with E-state index in [0.29, 0.717) is 0 Å². The molecular formula is C42H33BN2O. The summed E-state index contributed by atoms with van der Waals surface area (Å²) in [6.45, 7) is 5.10. The number of rotatable bonds is 2. The van der Waals surface area contributed by atoms with Crippen molar-refractivity contribution in [2.75, 3.05) is 4.90 Å². The Morgan fingerprint density at radius 1 is 0.674 bits per heavy atom. The summed E-state index contributed by atoms with van der Waals surface area (Å²) in [5.74, 6) is 0.944. The lowest BCUT2D eigenvalue weighted by atomic mass is 9.36. The molecule has 1 fully saturated rings. The molecule has 46 heavy (non-hydrogen) atoms. The van der Waals surface area contributed by atoms with E-state index in [-0.39, 0.29) is 17.7 Å². The topological polar surface area (TPSA) is 21.3 Å². The Bertz CT molecular complexity index is 2420. The fourth-order valence-electron chi connectivity index (χ4n) is 10.1. The lowest BCUT2D eigenvalue weighted by Crippen LogP contribution is -2.63. The molecule has 220 valence electrons. The third kappa shape index (κ3) is 2.76. The van der Waals surface area contributed by atoms with Gasteiger partial charge in [0.1, 0.15) is 5.76 Å². The maximum Gasteiger partial charge on any atom is 0.297 e. The second kappa shape index (κ2) is 8.44. The summed E-state index contributed by atoms with van der Waals surface area (Å²) in [5.41, 5.74) is 15.5. The van der Waals surface area contributed by atoms with Crippen molar-refractivity contribution in [2.24, 2.45) is 0 Å². The van der Waals surface area contributed by atoms with Crippen LogP contribution in [0.5, 0.6) is 0 Å². The number of aromatic nitrogens is 1. The zero-order valence-electron chi connectivity index (χ0n) is 26.2. The van der Waals surface area contributed by atoms with Gasteiger partial charge in [0.25, 0.3) is 6.71 Å². The molecule has 7 aromatic rings. The Labute approximate surface area is 269 Å². The Balaban J connectivity index is 1.35. The minimum atomic E-state index is 0.00369. The van der Waals surface area contributed by atoms with Crippen LogP contribution in [0.15, 0.2) is 120 Å². The summed E-state index contributed by atoms with van der Waals surface area (Å²) in [7, 11) is 0. The van der Waals surface area contributed by atoms with Gasteiger partial charge < -0.3 is 13.9 Å². The normalized spacial score (nSPS) is 21.9. The maximum atomic E-state index is 7.36. The summed E-state index contributed by atoms with van der Waals surface area (Å²) in [5, 5.41) is 2.62. The van der Waals surface area contributed by atoms with Crippen LogP contribution in [0.2, 0.25) is 0 Å². The van der Waals surface area contributed by atoms with Gasteiger partial charge in [-0.05, 0) is 54.0 Å². The SMILES string of the molecule is CC12CCCCC1(C)N1c3ccc4c5ccccc5n5c4c3B(c3cccc2c31)c1oc(-c2ccccc2)c(-c2ccccc2)c1-5. The van der Waals surface area contributed by atoms with Crippen LogP contribution in [0.3, 0.4) is 0 Å². The van der Waals surface area contributed by atoms with E-state index in [1.807, 2.05) is 0 Å². The third-order valence-electron chi connectivity index (χ3n) is 12.3. The van der Waals surface area contributed by atoms with Gasteiger partial charge in [-0.25, -0.2) is 0 Å². The number of fused-ring (bicyclic) bond motifs is 11. The summed E-state index contributed by atoms with van der Waals surface area (Å²) in [6.07, 6.45) is 4.99. The van der Waals surface area contributed by atoms with Gasteiger partial charge in [0, 0.05) is 33.1 Å². The number of benzene rings is 5. The third-order valence-corrected chi connectivity index (χ3v) is 12.3. The molecule has 2 unspecified atom stereocenters. The van der Waals surface area contributed by atoms with Gasteiger partial charge >= 0.3 is 0 Å². The molecule has 1 saturated carbocycles. The van der Waals surface area contributed by atoms with Gasteiger partial charge in [-0.2, -0.15) is 0 Å². The first-order valence-electron chi connectivity index (χ1n) is 16.9. The predicted octanol–water partition coefficient (Wildman–Crippen LogP) is 8.60. The van der Waals surface area contributed by atoms with Crippen molar-refractivity contribution in [1.29, 1.82) is 0 Å². The van der Waals surface area contributed by atoms with Crippen LogP contribution in [-0.2, 0) is 5.41 Å². The smallest absolute Gasteiger partial charge is 0.297 e. The Morgan fingerprint density at radius 2 is 1.41 bits per heavy atom. The molecule has 2 atom stereocenters. The highest BCUT2D eigenvalue weighted by Crippen LogP contribution is 2.61. The quantitative estimate of drug-likeness (QED) is 0.188. The highest BCUT2D eigenvalue weighted by Gasteiger charge is 2.61. The molecule has 0 radical (unpaired) electrons. The van der Waals surface area contributed by atoms with E-state index in [1.165, 1.54) is 92.2 Å². The largest absolute Gasteiger partial charge is 0.467 e. The van der Waals surface area contributed by atoms with Crippen LogP contribution >= 0.6 is 0 Å². The molecule has 4 heteroatoms. The second-order valence-electron chi connectivity index (χ2n) is 14.3. The number of hydrogen-bond donors (Lipinski definition) is 0. The van der Waals surface area contributed by atoms with Gasteiger partial charge in [-0.1, -0.05) is 123 Å². The van der Waals surface area contributed by atoms with Gasteiger partial charge in [-0.15, -0.1) is 0 Å². The molecular weight excluding hydrogens is 559 g/mol. The van der Waals surface area contributed by atoms with Gasteiger partial charge in [-0.3, -0.25) is 0 Å². The molecule has 3 aliphatic heterocycles. The molecule has 4 aliphatic rings. The number of anilines is 2. The fourth-order valence-corrected chi connectivity index (χ4v) is 10.1. The molecule has 0 amide bonds. The first-order valence-corrected chi connectivity index (χ1v) is 16.9. The van der Waals surface area contributed by atoms with Gasteiger partial charge in [0.15, 0.2) is 0 Å². The van der Waals surface area contributed by atoms with Crippen LogP contribution in [0.4, 0.5) is 11.4 Å². The number of nitrogens with zero attached hydrogens (tertiary/aromatic N) is 2. The van der Waals surface area contributed by atoms with Gasteiger partial charge in [0.2, 0.25) is 0 Å². The minimum Gasteiger partial charge on any atom is -0.467 e. The molecule has 0 spiro atoms. The van der Waals surface area contributed by atoms with E-state index in [1.54, 1.807) is 0 Å². The van der Waals surface area contributed by atoms with E-state index in [4.69, 9.17) is 4.42 Å². The molecule has 0 saturated heterocycles. The lowest BCUT2D eigenvalue weighted by molar-refractivity contribution is 0.195. The van der Waals surface area contributed by atoms with E-state index >= 15 is 0 Å². The van der Waals surface area contributed by atoms with Crippen LogP contribution in [0.25, 0.3) is 49.9 Å². The summed E-state index contributed by atoms with van der Waals surface area (Å²) in [4.78, 5) is 2.79. The van der Waals surface area contributed by atoms with E-state index < -0.39 is 0 Å². The van der Waals surface area contributed by atoms with Crippen molar-refractivity contribution in [3.8, 4) is 28.1 Å². The standard InChI is InChI=1S/C42H33BN2O/c1-41-24-11-12-25-42(41,2)45-33-23-22-29-28-18-9-10-21-32(28)44-36(29)35(33)43(31-20-13-19-30(41)37(31)45)40-38(44)34(26-14-5-3-6-15-26)39(46-40)27-16-7-4-8-17-27/h3-10,13-23H,11-12,24-25H2,1-2H3. The van der Waals surface area contributed by atoms with E-state index in [2.05, 4.69) is 139 Å². The molecule has 2 aromatic heterocycles. The monoisotopic (exact) mass is 592 g/mol. The molecule has 1 aliphatic carbocycles. The van der Waals surface area contributed by atoms with Crippen molar-refractivity contribution in [1.82, 2.24) is 4.57 Å². The highest BCUT2D eigenvalue weighted by molar-refractivity contribution is 6.99. The van der Waals surface area contributed by atoms with Crippen LogP contribution in [-0.4, -0.2) is 16.8 Å². The number of furan rings is 1. The zero-order valence-corrected chi connectivity index (χ0v) is 26.2. The second-order valence-corrected chi connectivity index (χ2v) is 14.3. The number of hydrogen-bond acceptors (Lipinski definition) is 2. The Kier molecular flexibility index (Phi) is 4.64. The average Bonchev–Trinajstić information content (AvgIpc) is 3.72. The summed E-state index contributed by atoms with van der Waals surface area (Å²) < 4.78 is 9.91. The number of para-hydroxylation sites is 2. The zero-order chi connectivity index (χ0) is 30.4. The first kappa shape index (κ1) is 25.3. The maximum absolute atomic E-state index is 7.36. The van der Waals surface area contributed by atoms with Crippen LogP contribution < -0.4 is 21.5 Å². The summed E-state index contributed by atoms with van der Waals surface area (Å²) >= 11 is 0. The lowest BCUT2D eigenvalue weighted by Gasteiger charge is -2.52. The molecule has 11 rings (SSSR count). The molecule has 3 nitrogen and oxygen atoms in total. The van der Waals surface area contributed by atoms with Crippen LogP contribution in [0.1, 0.15) is 45.1 Å². The molecule has 5 heterocycles. The predicted molar refractivity (Wildman–Crippen MR) is 191 cm³/mol. The highest BCUT2D eigenvalue weighted by atomic mass is 16.3. The van der Waals surface area contributed by atoms with Gasteiger partial charge in [0.05, 0.1) is 33.5 Å². The van der Waals surface area contributed by atoms with Crippen molar-refractivity contribution >= 4 is 56.5 Å². The van der Waals surface area contributed by atoms with Crippen LogP contribution in [0, 0.1) is 0 Å². The first-order chi connectivity index (χ1) is 22.6. The average molecular weight is 593 g/mol.